The van der Waals surface area contributed by atoms with E-state index >= 15 is 0 Å². The van der Waals surface area contributed by atoms with E-state index in [4.69, 9.17) is 12.2 Å². The Morgan fingerprint density at radius 3 is 3.05 bits per heavy atom. The van der Waals surface area contributed by atoms with Crippen LogP contribution in [0.3, 0.4) is 0 Å². The van der Waals surface area contributed by atoms with Gasteiger partial charge < -0.3 is 0 Å². The molecule has 1 aliphatic carbocycles. The number of nitrogens with one attached hydrogen (secondary N) is 1. The summed E-state index contributed by atoms with van der Waals surface area (Å²) in [4.78, 5) is 1.19. The van der Waals surface area contributed by atoms with Crippen molar-refractivity contribution in [1.82, 2.24) is 14.8 Å². The Morgan fingerprint density at radius 2 is 2.32 bits per heavy atom. The van der Waals surface area contributed by atoms with Gasteiger partial charge in [0.05, 0.1) is 4.88 Å². The molecule has 2 aromatic rings. The Hall–Kier alpha value is -0.590. The van der Waals surface area contributed by atoms with E-state index in [1.54, 1.807) is 11.3 Å². The number of thioether (sulfide) groups is 1. The standard InChI is InChI=1S/C13H17N3S3/c1-18-10-6-3-2-5-9(10)16-12(14-15-13(16)17)11-7-4-8-19-11/h4,7-10H,2-3,5-6H2,1H3,(H,15,17). The van der Waals surface area contributed by atoms with E-state index in [-0.39, 0.29) is 0 Å². The summed E-state index contributed by atoms with van der Waals surface area (Å²) >= 11 is 9.15. The van der Waals surface area contributed by atoms with Gasteiger partial charge in [-0.15, -0.1) is 11.3 Å². The van der Waals surface area contributed by atoms with Crippen molar-refractivity contribution < 1.29 is 0 Å². The number of aromatic nitrogens is 3. The largest absolute Gasteiger partial charge is 0.295 e. The van der Waals surface area contributed by atoms with Gasteiger partial charge in [-0.05, 0) is 42.8 Å². The second-order valence-corrected chi connectivity index (χ2v) is 7.24. The fourth-order valence-electron chi connectivity index (χ4n) is 2.84. The average molecular weight is 312 g/mol. The lowest BCUT2D eigenvalue weighted by molar-refractivity contribution is 0.364. The molecule has 6 heteroatoms. The fourth-order valence-corrected chi connectivity index (χ4v) is 4.79. The lowest BCUT2D eigenvalue weighted by Gasteiger charge is -2.31. The Balaban J connectivity index is 2.04. The topological polar surface area (TPSA) is 33.6 Å². The summed E-state index contributed by atoms with van der Waals surface area (Å²) in [6, 6.07) is 4.66. The first-order chi connectivity index (χ1) is 9.31. The molecule has 0 aliphatic heterocycles. The minimum absolute atomic E-state index is 0.479. The van der Waals surface area contributed by atoms with Gasteiger partial charge in [0.15, 0.2) is 10.6 Å². The second kappa shape index (κ2) is 5.81. The molecule has 0 amide bonds. The molecule has 1 N–H and O–H groups in total. The Morgan fingerprint density at radius 1 is 1.47 bits per heavy atom. The number of aromatic amines is 1. The summed E-state index contributed by atoms with van der Waals surface area (Å²) in [5, 5.41) is 10.2. The zero-order valence-electron chi connectivity index (χ0n) is 10.8. The van der Waals surface area contributed by atoms with Crippen molar-refractivity contribution in [3.63, 3.8) is 0 Å². The molecule has 0 radical (unpaired) electrons. The minimum atomic E-state index is 0.479. The maximum Gasteiger partial charge on any atom is 0.195 e. The molecule has 0 spiro atoms. The van der Waals surface area contributed by atoms with Crippen LogP contribution in [-0.2, 0) is 0 Å². The van der Waals surface area contributed by atoms with E-state index in [9.17, 15) is 0 Å². The van der Waals surface area contributed by atoms with E-state index in [1.807, 2.05) is 11.8 Å². The van der Waals surface area contributed by atoms with Crippen LogP contribution in [0.1, 0.15) is 31.7 Å². The van der Waals surface area contributed by atoms with Gasteiger partial charge in [-0.3, -0.25) is 9.67 Å². The Labute approximate surface area is 126 Å². The van der Waals surface area contributed by atoms with Gasteiger partial charge in [0.1, 0.15) is 0 Å². The highest BCUT2D eigenvalue weighted by molar-refractivity contribution is 7.99. The molecule has 0 bridgehead atoms. The van der Waals surface area contributed by atoms with Crippen LogP contribution in [0.4, 0.5) is 0 Å². The van der Waals surface area contributed by atoms with Gasteiger partial charge >= 0.3 is 0 Å². The first kappa shape index (κ1) is 13.4. The quantitative estimate of drug-likeness (QED) is 0.846. The third kappa shape index (κ3) is 2.53. The zero-order valence-corrected chi connectivity index (χ0v) is 13.3. The van der Waals surface area contributed by atoms with Crippen LogP contribution in [0.15, 0.2) is 17.5 Å². The third-order valence-electron chi connectivity index (χ3n) is 3.75. The van der Waals surface area contributed by atoms with Crippen LogP contribution in [0.5, 0.6) is 0 Å². The van der Waals surface area contributed by atoms with E-state index < -0.39 is 0 Å². The van der Waals surface area contributed by atoms with E-state index in [2.05, 4.69) is 38.5 Å². The number of hydrogen-bond acceptors (Lipinski definition) is 4. The molecule has 0 aromatic carbocycles. The fraction of sp³-hybridized carbons (Fsp3) is 0.538. The monoisotopic (exact) mass is 311 g/mol. The molecule has 2 aromatic heterocycles. The molecule has 3 nitrogen and oxygen atoms in total. The molecular formula is C13H17N3S3. The number of H-pyrrole nitrogens is 1. The highest BCUT2D eigenvalue weighted by atomic mass is 32.2. The van der Waals surface area contributed by atoms with Crippen molar-refractivity contribution in [1.29, 1.82) is 0 Å². The molecule has 19 heavy (non-hydrogen) atoms. The highest BCUT2D eigenvalue weighted by Crippen LogP contribution is 2.38. The van der Waals surface area contributed by atoms with E-state index in [0.29, 0.717) is 11.3 Å². The lowest BCUT2D eigenvalue weighted by atomic mass is 9.94. The van der Waals surface area contributed by atoms with Crippen molar-refractivity contribution in [2.45, 2.75) is 37.0 Å². The SMILES string of the molecule is CSC1CCCCC1n1c(-c2cccs2)n[nH]c1=S. The molecule has 0 saturated heterocycles. The molecule has 2 heterocycles. The van der Waals surface area contributed by atoms with Gasteiger partial charge in [-0.1, -0.05) is 18.9 Å². The normalized spacial score (nSPS) is 23.6. The predicted octanol–water partition coefficient (Wildman–Crippen LogP) is 4.52. The van der Waals surface area contributed by atoms with Crippen molar-refractivity contribution in [2.24, 2.45) is 0 Å². The molecule has 102 valence electrons. The second-order valence-electron chi connectivity index (χ2n) is 4.83. The molecule has 3 rings (SSSR count). The van der Waals surface area contributed by atoms with Crippen LogP contribution >= 0.6 is 35.3 Å². The maximum atomic E-state index is 5.47. The van der Waals surface area contributed by atoms with Crippen LogP contribution in [-0.4, -0.2) is 26.3 Å². The zero-order chi connectivity index (χ0) is 13.2. The molecule has 1 aliphatic rings. The van der Waals surface area contributed by atoms with Crippen molar-refractivity contribution in [3.8, 4) is 10.7 Å². The maximum absolute atomic E-state index is 5.47. The average Bonchev–Trinajstić information content (AvgIpc) is 3.07. The van der Waals surface area contributed by atoms with Gasteiger partial charge in [0.25, 0.3) is 0 Å². The van der Waals surface area contributed by atoms with Gasteiger partial charge in [-0.25, -0.2) is 0 Å². The molecular weight excluding hydrogens is 294 g/mol. The van der Waals surface area contributed by atoms with Gasteiger partial charge in [0.2, 0.25) is 0 Å². The van der Waals surface area contributed by atoms with E-state index in [1.165, 1.54) is 30.6 Å². The molecule has 1 fully saturated rings. The number of rotatable bonds is 3. The number of hydrogen-bond donors (Lipinski definition) is 1. The predicted molar refractivity (Wildman–Crippen MR) is 85.5 cm³/mol. The Bertz CT molecular complexity index is 585. The summed E-state index contributed by atoms with van der Waals surface area (Å²) in [5.41, 5.74) is 0. The first-order valence-corrected chi connectivity index (χ1v) is 9.12. The number of thiophene rings is 1. The summed E-state index contributed by atoms with van der Waals surface area (Å²) < 4.78 is 3.01. The smallest absolute Gasteiger partial charge is 0.195 e. The van der Waals surface area contributed by atoms with Gasteiger partial charge in [-0.2, -0.15) is 16.9 Å². The van der Waals surface area contributed by atoms with Gasteiger partial charge in [0, 0.05) is 11.3 Å². The third-order valence-corrected chi connectivity index (χ3v) is 6.06. The molecule has 1 saturated carbocycles. The summed E-state index contributed by atoms with van der Waals surface area (Å²) in [6.45, 7) is 0. The van der Waals surface area contributed by atoms with Crippen LogP contribution < -0.4 is 0 Å². The lowest BCUT2D eigenvalue weighted by Crippen LogP contribution is -2.26. The number of nitrogens with zero attached hydrogens (tertiary/aromatic N) is 2. The summed E-state index contributed by atoms with van der Waals surface area (Å²) in [5.74, 6) is 1.01. The molecule has 2 atom stereocenters. The van der Waals surface area contributed by atoms with Crippen molar-refractivity contribution >= 4 is 35.3 Å². The van der Waals surface area contributed by atoms with Crippen LogP contribution in [0, 0.1) is 4.77 Å². The van der Waals surface area contributed by atoms with Crippen molar-refractivity contribution in [3.05, 3.63) is 22.3 Å². The van der Waals surface area contributed by atoms with Crippen molar-refractivity contribution in [2.75, 3.05) is 6.26 Å². The summed E-state index contributed by atoms with van der Waals surface area (Å²) in [6.07, 6.45) is 7.32. The van der Waals surface area contributed by atoms with Crippen LogP contribution in [0.2, 0.25) is 0 Å². The van der Waals surface area contributed by atoms with Crippen LogP contribution in [0.25, 0.3) is 10.7 Å². The van der Waals surface area contributed by atoms with E-state index in [0.717, 1.165) is 10.6 Å². The Kier molecular flexibility index (Phi) is 4.10. The first-order valence-electron chi connectivity index (χ1n) is 6.55. The summed E-state index contributed by atoms with van der Waals surface area (Å²) in [7, 11) is 0. The highest BCUT2D eigenvalue weighted by Gasteiger charge is 2.28. The molecule has 2 unspecified atom stereocenters. The minimum Gasteiger partial charge on any atom is -0.295 e.